The van der Waals surface area contributed by atoms with Crippen molar-refractivity contribution in [3.05, 3.63) is 23.8 Å². The molecule has 2 rings (SSSR count). The van der Waals surface area contributed by atoms with Gasteiger partial charge in [0.25, 0.3) is 0 Å². The van der Waals surface area contributed by atoms with E-state index in [0.29, 0.717) is 11.3 Å². The molecule has 5 atom stereocenters. The topological polar surface area (TPSA) is 138 Å². The lowest BCUT2D eigenvalue weighted by Gasteiger charge is -2.42. The molecule has 9 nitrogen and oxygen atoms in total. The summed E-state index contributed by atoms with van der Waals surface area (Å²) in [6.45, 7) is 0.541. The highest BCUT2D eigenvalue weighted by Crippen LogP contribution is 2.32. The number of aliphatic hydroxyl groups excluding tert-OH is 4. The molecule has 0 saturated carbocycles. The lowest BCUT2D eigenvalue weighted by Crippen LogP contribution is -2.65. The second-order valence-electron chi connectivity index (χ2n) is 5.69. The molecule has 140 valence electrons. The van der Waals surface area contributed by atoms with E-state index in [4.69, 9.17) is 14.2 Å². The summed E-state index contributed by atoms with van der Waals surface area (Å²) in [5.74, 6) is 0.122. The SMILES string of the molecule is COc1cc(CO)ccc1OC1OC(CO)C(O)C(O)C1NC(C)=O. The predicted octanol–water partition coefficient (Wildman–Crippen LogP) is -1.49. The third-order valence-corrected chi connectivity index (χ3v) is 3.90. The van der Waals surface area contributed by atoms with E-state index in [1.807, 2.05) is 0 Å². The second kappa shape index (κ2) is 8.45. The van der Waals surface area contributed by atoms with Gasteiger partial charge in [0.05, 0.1) is 20.3 Å². The van der Waals surface area contributed by atoms with Crippen molar-refractivity contribution in [1.82, 2.24) is 5.32 Å². The van der Waals surface area contributed by atoms with Crippen LogP contribution in [0.5, 0.6) is 11.5 Å². The zero-order valence-electron chi connectivity index (χ0n) is 14.0. The molecule has 1 fully saturated rings. The van der Waals surface area contributed by atoms with Crippen LogP contribution in [0, 0.1) is 0 Å². The van der Waals surface area contributed by atoms with Crippen LogP contribution >= 0.6 is 0 Å². The first-order valence-corrected chi connectivity index (χ1v) is 7.75. The number of nitrogens with one attached hydrogen (secondary N) is 1. The molecule has 1 aromatic carbocycles. The van der Waals surface area contributed by atoms with Crippen LogP contribution in [0.15, 0.2) is 18.2 Å². The summed E-state index contributed by atoms with van der Waals surface area (Å²) in [7, 11) is 1.42. The Bertz CT molecular complexity index is 595. The van der Waals surface area contributed by atoms with E-state index >= 15 is 0 Å². The summed E-state index contributed by atoms with van der Waals surface area (Å²) >= 11 is 0. The Labute approximate surface area is 144 Å². The first-order chi connectivity index (χ1) is 11.9. The van der Waals surface area contributed by atoms with Crippen LogP contribution in [0.1, 0.15) is 12.5 Å². The summed E-state index contributed by atoms with van der Waals surface area (Å²) in [5, 5.41) is 41.2. The maximum Gasteiger partial charge on any atom is 0.223 e. The zero-order chi connectivity index (χ0) is 18.6. The van der Waals surface area contributed by atoms with Crippen molar-refractivity contribution in [3.8, 4) is 11.5 Å². The van der Waals surface area contributed by atoms with Crippen LogP contribution in [0.2, 0.25) is 0 Å². The molecule has 1 saturated heterocycles. The fourth-order valence-corrected chi connectivity index (χ4v) is 2.60. The molecule has 1 heterocycles. The molecule has 1 aliphatic rings. The highest BCUT2D eigenvalue weighted by atomic mass is 16.7. The van der Waals surface area contributed by atoms with Gasteiger partial charge in [-0.2, -0.15) is 0 Å². The van der Waals surface area contributed by atoms with Crippen molar-refractivity contribution < 1.29 is 39.4 Å². The summed E-state index contributed by atoms with van der Waals surface area (Å²) < 4.78 is 16.4. The Morgan fingerprint density at radius 1 is 1.24 bits per heavy atom. The van der Waals surface area contributed by atoms with Crippen molar-refractivity contribution in [2.75, 3.05) is 13.7 Å². The molecule has 25 heavy (non-hydrogen) atoms. The number of aliphatic hydroxyl groups is 4. The van der Waals surface area contributed by atoms with Gasteiger partial charge in [-0.25, -0.2) is 0 Å². The van der Waals surface area contributed by atoms with E-state index in [-0.39, 0.29) is 12.4 Å². The molecule has 0 bridgehead atoms. The normalized spacial score (nSPS) is 29.1. The van der Waals surface area contributed by atoms with E-state index in [2.05, 4.69) is 5.32 Å². The number of amides is 1. The molecule has 1 aromatic rings. The Morgan fingerprint density at radius 3 is 2.52 bits per heavy atom. The van der Waals surface area contributed by atoms with Gasteiger partial charge in [-0.3, -0.25) is 4.79 Å². The number of carbonyl (C=O) groups is 1. The summed E-state index contributed by atoms with van der Waals surface area (Å²) in [6.07, 6.45) is -5.04. The molecule has 1 amide bonds. The second-order valence-corrected chi connectivity index (χ2v) is 5.69. The van der Waals surface area contributed by atoms with Crippen molar-refractivity contribution in [2.24, 2.45) is 0 Å². The smallest absolute Gasteiger partial charge is 0.223 e. The average Bonchev–Trinajstić information content (AvgIpc) is 2.61. The van der Waals surface area contributed by atoms with Gasteiger partial charge < -0.3 is 40.0 Å². The quantitative estimate of drug-likeness (QED) is 0.415. The third-order valence-electron chi connectivity index (χ3n) is 3.90. The molecular formula is C16H23NO8. The van der Waals surface area contributed by atoms with Crippen molar-refractivity contribution in [2.45, 2.75) is 44.2 Å². The van der Waals surface area contributed by atoms with Gasteiger partial charge in [0, 0.05) is 6.92 Å². The van der Waals surface area contributed by atoms with E-state index in [9.17, 15) is 25.2 Å². The third kappa shape index (κ3) is 4.39. The van der Waals surface area contributed by atoms with Gasteiger partial charge in [0.15, 0.2) is 11.5 Å². The lowest BCUT2D eigenvalue weighted by molar-refractivity contribution is -0.244. The average molecular weight is 357 g/mol. The number of benzene rings is 1. The van der Waals surface area contributed by atoms with Crippen LogP contribution in [-0.2, 0) is 16.1 Å². The standard InChI is InChI=1S/C16H23NO8/c1-8(20)17-13-15(22)14(21)12(7-19)25-16(13)24-10-4-3-9(6-18)5-11(10)23-2/h3-5,12-16,18-19,21-22H,6-7H2,1-2H3,(H,17,20). The van der Waals surface area contributed by atoms with Gasteiger partial charge >= 0.3 is 0 Å². The van der Waals surface area contributed by atoms with E-state index < -0.39 is 43.2 Å². The Hall–Kier alpha value is -1.91. The maximum atomic E-state index is 11.4. The summed E-state index contributed by atoms with van der Waals surface area (Å²) in [5.41, 5.74) is 0.607. The van der Waals surface area contributed by atoms with Crippen molar-refractivity contribution >= 4 is 5.91 Å². The predicted molar refractivity (Wildman–Crippen MR) is 84.9 cm³/mol. The number of hydrogen-bond donors (Lipinski definition) is 5. The lowest BCUT2D eigenvalue weighted by atomic mass is 9.97. The minimum absolute atomic E-state index is 0.178. The largest absolute Gasteiger partial charge is 0.493 e. The monoisotopic (exact) mass is 357 g/mol. The molecule has 5 N–H and O–H groups in total. The van der Waals surface area contributed by atoms with Crippen molar-refractivity contribution in [1.29, 1.82) is 0 Å². The van der Waals surface area contributed by atoms with Gasteiger partial charge in [0.1, 0.15) is 24.4 Å². The van der Waals surface area contributed by atoms with E-state index in [1.54, 1.807) is 18.2 Å². The Kier molecular flexibility index (Phi) is 6.57. The Balaban J connectivity index is 2.28. The molecule has 5 unspecified atom stereocenters. The fourth-order valence-electron chi connectivity index (χ4n) is 2.60. The first kappa shape index (κ1) is 19.4. The fraction of sp³-hybridized carbons (Fsp3) is 0.562. The van der Waals surface area contributed by atoms with Crippen LogP contribution in [-0.4, -0.2) is 70.7 Å². The van der Waals surface area contributed by atoms with Crippen LogP contribution in [0.3, 0.4) is 0 Å². The van der Waals surface area contributed by atoms with Crippen molar-refractivity contribution in [3.63, 3.8) is 0 Å². The molecule has 9 heteroatoms. The van der Waals surface area contributed by atoms with E-state index in [1.165, 1.54) is 14.0 Å². The molecule has 0 aliphatic carbocycles. The van der Waals surface area contributed by atoms with Gasteiger partial charge in [-0.05, 0) is 17.7 Å². The molecule has 0 radical (unpaired) electrons. The zero-order valence-corrected chi connectivity index (χ0v) is 14.0. The van der Waals surface area contributed by atoms with Gasteiger partial charge in [-0.15, -0.1) is 0 Å². The molecular weight excluding hydrogens is 334 g/mol. The highest BCUT2D eigenvalue weighted by Gasteiger charge is 2.46. The minimum Gasteiger partial charge on any atom is -0.493 e. The number of carbonyl (C=O) groups excluding carboxylic acids is 1. The number of ether oxygens (including phenoxy) is 3. The Morgan fingerprint density at radius 2 is 1.96 bits per heavy atom. The van der Waals surface area contributed by atoms with Gasteiger partial charge in [-0.1, -0.05) is 6.07 Å². The van der Waals surface area contributed by atoms with E-state index in [0.717, 1.165) is 0 Å². The number of methoxy groups -OCH3 is 1. The van der Waals surface area contributed by atoms with Crippen LogP contribution in [0.25, 0.3) is 0 Å². The summed E-state index contributed by atoms with van der Waals surface area (Å²) in [4.78, 5) is 11.4. The molecule has 1 aliphatic heterocycles. The molecule has 0 aromatic heterocycles. The molecule has 0 spiro atoms. The minimum atomic E-state index is -1.40. The number of rotatable bonds is 6. The number of hydrogen-bond acceptors (Lipinski definition) is 8. The van der Waals surface area contributed by atoms with Crippen LogP contribution in [0.4, 0.5) is 0 Å². The first-order valence-electron chi connectivity index (χ1n) is 7.75. The highest BCUT2D eigenvalue weighted by molar-refractivity contribution is 5.73. The summed E-state index contributed by atoms with van der Waals surface area (Å²) in [6, 6.07) is 3.67. The van der Waals surface area contributed by atoms with Gasteiger partial charge in [0.2, 0.25) is 12.2 Å². The maximum absolute atomic E-state index is 11.4. The van der Waals surface area contributed by atoms with Crippen LogP contribution < -0.4 is 14.8 Å².